The van der Waals surface area contributed by atoms with E-state index in [1.807, 2.05) is 13.8 Å². The maximum atomic E-state index is 6.44. The van der Waals surface area contributed by atoms with Crippen LogP contribution in [0.25, 0.3) is 0 Å². The lowest BCUT2D eigenvalue weighted by molar-refractivity contribution is -0.149. The van der Waals surface area contributed by atoms with Crippen LogP contribution in [0.3, 0.4) is 0 Å². The predicted molar refractivity (Wildman–Crippen MR) is 110 cm³/mol. The fraction of sp³-hybridized carbons (Fsp3) is 1.00. The highest BCUT2D eigenvalue weighted by molar-refractivity contribution is 8.18. The van der Waals surface area contributed by atoms with Gasteiger partial charge >= 0.3 is 0 Å². The van der Waals surface area contributed by atoms with E-state index in [1.165, 1.54) is 17.9 Å². The third-order valence-electron chi connectivity index (χ3n) is 5.38. The van der Waals surface area contributed by atoms with Crippen LogP contribution < -0.4 is 0 Å². The first-order valence-electron chi connectivity index (χ1n) is 9.11. The molecule has 0 amide bonds. The molecule has 0 bridgehead atoms. The monoisotopic (exact) mass is 392 g/mol. The molecule has 2 rings (SSSR count). The average Bonchev–Trinajstić information content (AvgIpc) is 2.69. The summed E-state index contributed by atoms with van der Waals surface area (Å²) in [6.45, 7) is 18.5. The van der Waals surface area contributed by atoms with Crippen molar-refractivity contribution in [1.29, 1.82) is 0 Å². The first-order valence-corrected chi connectivity index (χ1v) is 14.0. The van der Waals surface area contributed by atoms with Gasteiger partial charge in [-0.05, 0) is 63.3 Å². The predicted octanol–water partition coefficient (Wildman–Crippen LogP) is 5.50. The Hall–Kier alpha value is 0.797. The Morgan fingerprint density at radius 1 is 1.04 bits per heavy atom. The van der Waals surface area contributed by atoms with Crippen molar-refractivity contribution in [2.24, 2.45) is 0 Å². The van der Waals surface area contributed by atoms with Crippen molar-refractivity contribution < 1.29 is 13.9 Å². The van der Waals surface area contributed by atoms with Gasteiger partial charge in [0.05, 0.1) is 16.8 Å². The fourth-order valence-electron chi connectivity index (χ4n) is 2.89. The Bertz CT molecular complexity index is 428. The maximum absolute atomic E-state index is 6.44. The quantitative estimate of drug-likeness (QED) is 0.576. The van der Waals surface area contributed by atoms with Crippen LogP contribution in [0.4, 0.5) is 0 Å². The van der Waals surface area contributed by atoms with E-state index in [-0.39, 0.29) is 21.3 Å². The van der Waals surface area contributed by atoms with Gasteiger partial charge in [-0.25, -0.2) is 0 Å². The maximum Gasteiger partial charge on any atom is 0.192 e. The van der Waals surface area contributed by atoms with Gasteiger partial charge in [0.15, 0.2) is 14.1 Å². The van der Waals surface area contributed by atoms with E-state index < -0.39 is 14.1 Å². The topological polar surface area (TPSA) is 27.7 Å². The van der Waals surface area contributed by atoms with Crippen LogP contribution in [0.1, 0.15) is 54.4 Å². The fourth-order valence-corrected chi connectivity index (χ4v) is 6.93. The highest BCUT2D eigenvalue weighted by Gasteiger charge is 2.46. The van der Waals surface area contributed by atoms with Gasteiger partial charge in [-0.2, -0.15) is 0 Å². The third kappa shape index (κ3) is 5.40. The van der Waals surface area contributed by atoms with Crippen LogP contribution in [0.15, 0.2) is 0 Å². The van der Waals surface area contributed by atoms with Gasteiger partial charge in [0.25, 0.3) is 0 Å². The molecule has 2 fully saturated rings. The van der Waals surface area contributed by atoms with Crippen LogP contribution in [0, 0.1) is 0 Å². The molecule has 0 radical (unpaired) electrons. The molecule has 2 saturated heterocycles. The summed E-state index contributed by atoms with van der Waals surface area (Å²) in [4.78, 5) is 0. The molecule has 24 heavy (non-hydrogen) atoms. The second kappa shape index (κ2) is 7.43. The van der Waals surface area contributed by atoms with E-state index in [1.54, 1.807) is 0 Å². The molecule has 0 aromatic rings. The first-order chi connectivity index (χ1) is 10.8. The summed E-state index contributed by atoms with van der Waals surface area (Å²) >= 11 is 4.16. The Morgan fingerprint density at radius 3 is 2.12 bits per heavy atom. The Kier molecular flexibility index (Phi) is 6.53. The van der Waals surface area contributed by atoms with Gasteiger partial charge in [-0.15, -0.1) is 23.5 Å². The minimum Gasteiger partial charge on any atom is -0.414 e. The number of thioether (sulfide) groups is 2. The van der Waals surface area contributed by atoms with Crippen LogP contribution in [-0.4, -0.2) is 48.5 Å². The molecule has 3 nitrogen and oxygen atoms in total. The molecule has 0 N–H and O–H groups in total. The number of rotatable bonds is 5. The molecule has 0 aromatic heterocycles. The standard InChI is InChI=1S/C18H36O3S2Si/c1-16(2,3)24(7,8)19-13-15-14(20-17(4,5)21-15)12-18(6)22-10-9-11-23-18/h14-15H,9-13H2,1-8H3/t14-,15-/m1/s1. The van der Waals surface area contributed by atoms with Gasteiger partial charge < -0.3 is 13.9 Å². The second-order valence-electron chi connectivity index (χ2n) is 9.17. The molecule has 2 heterocycles. The lowest BCUT2D eigenvalue weighted by atomic mass is 10.1. The Labute approximate surface area is 158 Å². The molecule has 0 aliphatic carbocycles. The molecule has 142 valence electrons. The van der Waals surface area contributed by atoms with Crippen molar-refractivity contribution in [2.45, 2.75) is 94.6 Å². The molecule has 2 aliphatic heterocycles. The minimum absolute atomic E-state index is 0.0362. The van der Waals surface area contributed by atoms with Crippen LogP contribution in [0.5, 0.6) is 0 Å². The van der Waals surface area contributed by atoms with Crippen molar-refractivity contribution in [2.75, 3.05) is 18.1 Å². The number of hydrogen-bond acceptors (Lipinski definition) is 5. The molecule has 0 saturated carbocycles. The van der Waals surface area contributed by atoms with Crippen molar-refractivity contribution in [1.82, 2.24) is 0 Å². The van der Waals surface area contributed by atoms with Gasteiger partial charge in [0, 0.05) is 0 Å². The second-order valence-corrected chi connectivity index (χ2v) is 17.4. The van der Waals surface area contributed by atoms with Gasteiger partial charge in [-0.3, -0.25) is 0 Å². The Morgan fingerprint density at radius 2 is 1.58 bits per heavy atom. The molecule has 6 heteroatoms. The molecule has 2 atom stereocenters. The molecule has 0 unspecified atom stereocenters. The lowest BCUT2D eigenvalue weighted by Crippen LogP contribution is -2.44. The van der Waals surface area contributed by atoms with Gasteiger partial charge in [-0.1, -0.05) is 20.8 Å². The summed E-state index contributed by atoms with van der Waals surface area (Å²) in [7, 11) is -1.77. The van der Waals surface area contributed by atoms with Crippen molar-refractivity contribution in [3.8, 4) is 0 Å². The summed E-state index contributed by atoms with van der Waals surface area (Å²) in [5.74, 6) is 2.00. The van der Waals surface area contributed by atoms with Gasteiger partial charge in [0.1, 0.15) is 6.10 Å². The van der Waals surface area contributed by atoms with Crippen molar-refractivity contribution in [3.63, 3.8) is 0 Å². The van der Waals surface area contributed by atoms with Gasteiger partial charge in [0.2, 0.25) is 0 Å². The average molecular weight is 393 g/mol. The van der Waals surface area contributed by atoms with E-state index in [9.17, 15) is 0 Å². The zero-order chi connectivity index (χ0) is 18.2. The van der Waals surface area contributed by atoms with Crippen LogP contribution >= 0.6 is 23.5 Å². The first kappa shape index (κ1) is 21.1. The largest absolute Gasteiger partial charge is 0.414 e. The third-order valence-corrected chi connectivity index (χ3v) is 13.1. The highest BCUT2D eigenvalue weighted by atomic mass is 32.2. The minimum atomic E-state index is -1.77. The zero-order valence-corrected chi connectivity index (χ0v) is 19.4. The summed E-state index contributed by atoms with van der Waals surface area (Å²) < 4.78 is 19.2. The van der Waals surface area contributed by atoms with Crippen LogP contribution in [-0.2, 0) is 13.9 Å². The SMILES string of the molecule is CC1(C)O[C@H](CO[Si](C)(C)C(C)(C)C)[C@@H](CC2(C)SCCCS2)O1. The van der Waals surface area contributed by atoms with E-state index in [0.29, 0.717) is 6.61 Å². The summed E-state index contributed by atoms with van der Waals surface area (Å²) in [5.41, 5.74) is 0. The smallest absolute Gasteiger partial charge is 0.192 e. The zero-order valence-electron chi connectivity index (χ0n) is 16.7. The number of ether oxygens (including phenoxy) is 2. The highest BCUT2D eigenvalue weighted by Crippen LogP contribution is 2.47. The lowest BCUT2D eigenvalue weighted by Gasteiger charge is -2.38. The molecular weight excluding hydrogens is 356 g/mol. The molecule has 0 aromatic carbocycles. The van der Waals surface area contributed by atoms with E-state index in [0.717, 1.165) is 6.42 Å². The molecular formula is C18H36O3S2Si. The summed E-state index contributed by atoms with van der Waals surface area (Å²) in [5, 5.41) is 0.221. The van der Waals surface area contributed by atoms with Crippen molar-refractivity contribution >= 4 is 31.8 Å². The normalized spacial score (nSPS) is 30.5. The Balaban J connectivity index is 2.01. The van der Waals surface area contributed by atoms with E-state index in [4.69, 9.17) is 13.9 Å². The molecule has 2 aliphatic rings. The summed E-state index contributed by atoms with van der Waals surface area (Å²) in [6, 6.07) is 0. The van der Waals surface area contributed by atoms with E-state index >= 15 is 0 Å². The number of hydrogen-bond donors (Lipinski definition) is 0. The molecule has 0 spiro atoms. The van der Waals surface area contributed by atoms with Crippen LogP contribution in [0.2, 0.25) is 18.1 Å². The van der Waals surface area contributed by atoms with Crippen molar-refractivity contribution in [3.05, 3.63) is 0 Å². The summed E-state index contributed by atoms with van der Waals surface area (Å²) in [6.07, 6.45) is 2.50. The van der Waals surface area contributed by atoms with E-state index in [2.05, 4.69) is 64.3 Å².